The minimum Gasteiger partial charge on any atom is -0.383 e. The van der Waals surface area contributed by atoms with Crippen LogP contribution in [0, 0.1) is 12.3 Å². The lowest BCUT2D eigenvalue weighted by molar-refractivity contribution is 0.199. The number of nitrogens with one attached hydrogen (secondary N) is 1. The highest BCUT2D eigenvalue weighted by Gasteiger charge is 1.87. The van der Waals surface area contributed by atoms with Gasteiger partial charge in [0.2, 0.25) is 0 Å². The van der Waals surface area contributed by atoms with Gasteiger partial charge in [0, 0.05) is 20.1 Å². The van der Waals surface area contributed by atoms with Crippen LogP contribution in [0.15, 0.2) is 11.6 Å². The monoisotopic (exact) mass is 181 g/mol. The van der Waals surface area contributed by atoms with Crippen molar-refractivity contribution in [3.63, 3.8) is 0 Å². The number of terminal acetylenes is 1. The van der Waals surface area contributed by atoms with Crippen LogP contribution in [0.2, 0.25) is 0 Å². The SMILES string of the molecule is C#CCC(C)=CCCNCCOC. The molecule has 0 aliphatic carbocycles. The molecule has 74 valence electrons. The number of hydrogen-bond donors (Lipinski definition) is 1. The molecular weight excluding hydrogens is 162 g/mol. The van der Waals surface area contributed by atoms with E-state index in [1.54, 1.807) is 7.11 Å². The molecule has 0 atom stereocenters. The maximum Gasteiger partial charge on any atom is 0.0587 e. The van der Waals surface area contributed by atoms with E-state index in [0.29, 0.717) is 0 Å². The molecule has 0 fully saturated rings. The smallest absolute Gasteiger partial charge is 0.0587 e. The quantitative estimate of drug-likeness (QED) is 0.366. The fraction of sp³-hybridized carbons (Fsp3) is 0.636. The standard InChI is InChI=1S/C11H19NO/c1-4-6-11(2)7-5-8-12-9-10-13-3/h1,7,12H,5-6,8-10H2,2-3H3. The van der Waals surface area contributed by atoms with Crippen LogP contribution in [0.4, 0.5) is 0 Å². The van der Waals surface area contributed by atoms with E-state index in [9.17, 15) is 0 Å². The lowest BCUT2D eigenvalue weighted by atomic mass is 10.2. The minimum absolute atomic E-state index is 0.762. The molecule has 0 radical (unpaired) electrons. The van der Waals surface area contributed by atoms with Gasteiger partial charge in [-0.15, -0.1) is 12.3 Å². The first kappa shape index (κ1) is 12.2. The fourth-order valence-electron chi connectivity index (χ4n) is 0.953. The van der Waals surface area contributed by atoms with Crippen LogP contribution < -0.4 is 5.32 Å². The Balaban J connectivity index is 3.24. The Labute approximate surface area is 81.4 Å². The topological polar surface area (TPSA) is 21.3 Å². The largest absolute Gasteiger partial charge is 0.383 e. The minimum atomic E-state index is 0.762. The van der Waals surface area contributed by atoms with Crippen LogP contribution in [0.1, 0.15) is 19.8 Å². The lowest BCUT2D eigenvalue weighted by Gasteiger charge is -2.01. The van der Waals surface area contributed by atoms with Gasteiger partial charge < -0.3 is 10.1 Å². The second-order valence-corrected chi connectivity index (χ2v) is 2.96. The summed E-state index contributed by atoms with van der Waals surface area (Å²) in [7, 11) is 1.71. The van der Waals surface area contributed by atoms with Gasteiger partial charge in [0.1, 0.15) is 0 Å². The molecule has 2 nitrogen and oxygen atoms in total. The molecule has 0 aromatic heterocycles. The average molecular weight is 181 g/mol. The molecule has 0 aliphatic rings. The molecule has 0 aromatic carbocycles. The first-order chi connectivity index (χ1) is 6.31. The number of rotatable bonds is 7. The zero-order chi connectivity index (χ0) is 9.94. The second-order valence-electron chi connectivity index (χ2n) is 2.96. The zero-order valence-corrected chi connectivity index (χ0v) is 8.60. The summed E-state index contributed by atoms with van der Waals surface area (Å²) in [5.41, 5.74) is 1.27. The van der Waals surface area contributed by atoms with Crippen molar-refractivity contribution in [1.82, 2.24) is 5.32 Å². The molecule has 0 unspecified atom stereocenters. The van der Waals surface area contributed by atoms with Crippen molar-refractivity contribution in [1.29, 1.82) is 0 Å². The molecule has 0 aliphatic heterocycles. The Bertz CT molecular complexity index is 179. The molecule has 0 aromatic rings. The summed E-state index contributed by atoms with van der Waals surface area (Å²) in [5.74, 6) is 2.62. The van der Waals surface area contributed by atoms with E-state index in [-0.39, 0.29) is 0 Å². The first-order valence-corrected chi connectivity index (χ1v) is 4.60. The van der Waals surface area contributed by atoms with Gasteiger partial charge in [-0.05, 0) is 19.9 Å². The van der Waals surface area contributed by atoms with Crippen LogP contribution >= 0.6 is 0 Å². The predicted octanol–water partition coefficient (Wildman–Crippen LogP) is 1.58. The third kappa shape index (κ3) is 9.13. The van der Waals surface area contributed by atoms with Gasteiger partial charge in [-0.1, -0.05) is 11.6 Å². The molecule has 2 heteroatoms. The van der Waals surface area contributed by atoms with E-state index in [1.807, 2.05) is 0 Å². The maximum atomic E-state index is 5.18. The van der Waals surface area contributed by atoms with Crippen molar-refractivity contribution in [2.24, 2.45) is 0 Å². The molecule has 0 bridgehead atoms. The molecule has 0 saturated carbocycles. The summed E-state index contributed by atoms with van der Waals surface area (Å²) in [6, 6.07) is 0. The lowest BCUT2D eigenvalue weighted by Crippen LogP contribution is -2.19. The van der Waals surface area contributed by atoms with Crippen molar-refractivity contribution in [3.8, 4) is 12.3 Å². The van der Waals surface area contributed by atoms with Crippen LogP contribution in [0.3, 0.4) is 0 Å². The molecular formula is C11H19NO. The third-order valence-corrected chi connectivity index (χ3v) is 1.68. The Hall–Kier alpha value is -0.780. The van der Waals surface area contributed by atoms with E-state index in [4.69, 9.17) is 11.2 Å². The summed E-state index contributed by atoms with van der Waals surface area (Å²) < 4.78 is 4.90. The summed E-state index contributed by atoms with van der Waals surface area (Å²) in [6.07, 6.45) is 9.16. The second kappa shape index (κ2) is 9.31. The Morgan fingerprint density at radius 2 is 2.31 bits per heavy atom. The predicted molar refractivity (Wildman–Crippen MR) is 56.6 cm³/mol. The van der Waals surface area contributed by atoms with Crippen LogP contribution in [-0.4, -0.2) is 26.8 Å². The summed E-state index contributed by atoms with van der Waals surface area (Å²) in [6.45, 7) is 4.74. The molecule has 0 rings (SSSR count). The highest BCUT2D eigenvalue weighted by molar-refractivity contribution is 5.07. The number of ether oxygens (including phenoxy) is 1. The molecule has 0 saturated heterocycles. The van der Waals surface area contributed by atoms with Gasteiger partial charge in [0.05, 0.1) is 6.61 Å². The highest BCUT2D eigenvalue weighted by Crippen LogP contribution is 1.98. The number of methoxy groups -OCH3 is 1. The van der Waals surface area contributed by atoms with Crippen molar-refractivity contribution in [3.05, 3.63) is 11.6 Å². The Morgan fingerprint density at radius 3 is 2.92 bits per heavy atom. The molecule has 0 spiro atoms. The Kier molecular flexibility index (Phi) is 8.75. The van der Waals surface area contributed by atoms with Crippen LogP contribution in [0.5, 0.6) is 0 Å². The molecule has 13 heavy (non-hydrogen) atoms. The van der Waals surface area contributed by atoms with Gasteiger partial charge in [0.15, 0.2) is 0 Å². The average Bonchev–Trinajstić information content (AvgIpc) is 2.11. The van der Waals surface area contributed by atoms with Gasteiger partial charge in [-0.3, -0.25) is 0 Å². The summed E-state index contributed by atoms with van der Waals surface area (Å²) in [4.78, 5) is 0. The summed E-state index contributed by atoms with van der Waals surface area (Å²) >= 11 is 0. The number of allylic oxidation sites excluding steroid dienone is 1. The van der Waals surface area contributed by atoms with Crippen LogP contribution in [0.25, 0.3) is 0 Å². The van der Waals surface area contributed by atoms with Crippen LogP contribution in [-0.2, 0) is 4.74 Å². The van der Waals surface area contributed by atoms with Gasteiger partial charge in [-0.2, -0.15) is 0 Å². The van der Waals surface area contributed by atoms with Gasteiger partial charge >= 0.3 is 0 Å². The Morgan fingerprint density at radius 1 is 1.54 bits per heavy atom. The van der Waals surface area contributed by atoms with Gasteiger partial charge in [-0.25, -0.2) is 0 Å². The van der Waals surface area contributed by atoms with Crippen molar-refractivity contribution < 1.29 is 4.74 Å². The fourth-order valence-corrected chi connectivity index (χ4v) is 0.953. The number of hydrogen-bond acceptors (Lipinski definition) is 2. The first-order valence-electron chi connectivity index (χ1n) is 4.60. The van der Waals surface area contributed by atoms with E-state index < -0.39 is 0 Å². The normalized spacial score (nSPS) is 11.3. The van der Waals surface area contributed by atoms with Crippen molar-refractivity contribution in [2.75, 3.05) is 26.8 Å². The third-order valence-electron chi connectivity index (χ3n) is 1.68. The van der Waals surface area contributed by atoms with E-state index in [2.05, 4.69) is 24.2 Å². The maximum absolute atomic E-state index is 5.18. The molecule has 0 amide bonds. The summed E-state index contributed by atoms with van der Waals surface area (Å²) in [5, 5.41) is 3.26. The zero-order valence-electron chi connectivity index (χ0n) is 8.60. The highest BCUT2D eigenvalue weighted by atomic mass is 16.5. The molecule has 0 heterocycles. The van der Waals surface area contributed by atoms with E-state index in [1.165, 1.54) is 5.57 Å². The van der Waals surface area contributed by atoms with E-state index >= 15 is 0 Å². The van der Waals surface area contributed by atoms with E-state index in [0.717, 1.165) is 32.5 Å². The molecule has 1 N–H and O–H groups in total. The van der Waals surface area contributed by atoms with Gasteiger partial charge in [0.25, 0.3) is 0 Å². The van der Waals surface area contributed by atoms with Crippen molar-refractivity contribution in [2.45, 2.75) is 19.8 Å². The van der Waals surface area contributed by atoms with Crippen molar-refractivity contribution >= 4 is 0 Å².